The molecule has 0 aromatic heterocycles. The van der Waals surface area contributed by atoms with E-state index >= 15 is 0 Å². The van der Waals surface area contributed by atoms with Crippen molar-refractivity contribution in [2.24, 2.45) is 0 Å². The van der Waals surface area contributed by atoms with Gasteiger partial charge in [-0.2, -0.15) is 0 Å². The van der Waals surface area contributed by atoms with E-state index in [0.717, 1.165) is 32.3 Å². The zero-order chi connectivity index (χ0) is 15.0. The molecule has 0 radical (unpaired) electrons. The van der Waals surface area contributed by atoms with Crippen molar-refractivity contribution in [2.45, 2.75) is 81.5 Å². The van der Waals surface area contributed by atoms with E-state index in [0.29, 0.717) is 10.5 Å². The quantitative estimate of drug-likeness (QED) is 0.568. The molecule has 20 heavy (non-hydrogen) atoms. The molecule has 0 amide bonds. The summed E-state index contributed by atoms with van der Waals surface area (Å²) in [7, 11) is -2.22. The molecule has 0 aromatic carbocycles. The summed E-state index contributed by atoms with van der Waals surface area (Å²) in [5.74, 6) is 0. The van der Waals surface area contributed by atoms with E-state index in [1.807, 2.05) is 0 Å². The molecule has 0 saturated carbocycles. The van der Waals surface area contributed by atoms with Gasteiger partial charge < -0.3 is 4.43 Å². The standard InChI is InChI=1S/C16H30O2SSi/c1-16(2,3)20(4,5)18-10-9-13-11-14-7-6-8-15(12-13)19(14)17/h11,14-15H,6-10,12H2,1-5H3. The first-order chi connectivity index (χ1) is 9.21. The van der Waals surface area contributed by atoms with Gasteiger partial charge in [0.15, 0.2) is 8.32 Å². The van der Waals surface area contributed by atoms with E-state index in [1.165, 1.54) is 12.0 Å². The van der Waals surface area contributed by atoms with Crippen LogP contribution in [0.5, 0.6) is 0 Å². The lowest BCUT2D eigenvalue weighted by molar-refractivity contribution is 0.289. The van der Waals surface area contributed by atoms with Crippen molar-refractivity contribution in [3.63, 3.8) is 0 Å². The van der Waals surface area contributed by atoms with Crippen molar-refractivity contribution >= 4 is 19.1 Å². The van der Waals surface area contributed by atoms with Crippen LogP contribution in [0, 0.1) is 0 Å². The first-order valence-corrected chi connectivity index (χ1v) is 12.1. The van der Waals surface area contributed by atoms with Gasteiger partial charge in [0.2, 0.25) is 0 Å². The summed E-state index contributed by atoms with van der Waals surface area (Å²) in [5.41, 5.74) is 1.50. The Labute approximate surface area is 128 Å². The van der Waals surface area contributed by atoms with Gasteiger partial charge in [-0.25, -0.2) is 0 Å². The number of rotatable bonds is 4. The van der Waals surface area contributed by atoms with Gasteiger partial charge in [0, 0.05) is 22.7 Å². The van der Waals surface area contributed by atoms with Crippen LogP contribution in [0.4, 0.5) is 0 Å². The predicted octanol–water partition coefficient (Wildman–Crippen LogP) is 4.40. The first-order valence-electron chi connectivity index (χ1n) is 7.93. The van der Waals surface area contributed by atoms with Crippen LogP contribution in [0.15, 0.2) is 11.6 Å². The van der Waals surface area contributed by atoms with Gasteiger partial charge in [-0.05, 0) is 43.8 Å². The van der Waals surface area contributed by atoms with Crippen molar-refractivity contribution in [1.29, 1.82) is 0 Å². The first kappa shape index (κ1) is 16.4. The van der Waals surface area contributed by atoms with Gasteiger partial charge in [-0.15, -0.1) is 0 Å². The molecule has 2 aliphatic rings. The number of hydrogen-bond acceptors (Lipinski definition) is 2. The van der Waals surface area contributed by atoms with Gasteiger partial charge in [-0.1, -0.05) is 38.8 Å². The summed E-state index contributed by atoms with van der Waals surface area (Å²) < 4.78 is 18.4. The molecule has 2 heterocycles. The Morgan fingerprint density at radius 2 is 2.05 bits per heavy atom. The minimum atomic E-state index is -1.62. The van der Waals surface area contributed by atoms with Crippen molar-refractivity contribution in [1.82, 2.24) is 0 Å². The molecule has 4 heteroatoms. The molecule has 3 unspecified atom stereocenters. The molecule has 0 aliphatic carbocycles. The summed E-state index contributed by atoms with van der Waals surface area (Å²) in [6.45, 7) is 12.3. The SMILES string of the molecule is CC(C)(C)[Si](C)(C)OCCC1=CC2CCCC(C1)S2=O. The molecule has 2 rings (SSSR count). The van der Waals surface area contributed by atoms with Crippen LogP contribution in [0.2, 0.25) is 18.1 Å². The maximum absolute atomic E-state index is 12.2. The van der Waals surface area contributed by atoms with E-state index in [-0.39, 0.29) is 5.04 Å². The molecule has 2 bridgehead atoms. The minimum absolute atomic E-state index is 0.284. The van der Waals surface area contributed by atoms with Gasteiger partial charge in [0.25, 0.3) is 0 Å². The smallest absolute Gasteiger partial charge is 0.191 e. The van der Waals surface area contributed by atoms with E-state index < -0.39 is 19.1 Å². The third-order valence-electron chi connectivity index (χ3n) is 5.25. The van der Waals surface area contributed by atoms with E-state index in [9.17, 15) is 4.21 Å². The van der Waals surface area contributed by atoms with Crippen LogP contribution in [0.3, 0.4) is 0 Å². The minimum Gasteiger partial charge on any atom is -0.417 e. The summed E-state index contributed by atoms with van der Waals surface area (Å²) in [5, 5.41) is 1.05. The molecular weight excluding hydrogens is 284 g/mol. The number of fused-ring (bicyclic) bond motifs is 2. The Balaban J connectivity index is 1.88. The average Bonchev–Trinajstić information content (AvgIpc) is 2.28. The van der Waals surface area contributed by atoms with Crippen LogP contribution < -0.4 is 0 Å². The summed E-state index contributed by atoms with van der Waals surface area (Å²) >= 11 is 0. The van der Waals surface area contributed by atoms with Crippen molar-refractivity contribution in [3.05, 3.63) is 11.6 Å². The molecule has 116 valence electrons. The van der Waals surface area contributed by atoms with Crippen LogP contribution in [-0.2, 0) is 15.2 Å². The normalized spacial score (nSPS) is 31.1. The number of hydrogen-bond donors (Lipinski definition) is 0. The Morgan fingerprint density at radius 3 is 2.65 bits per heavy atom. The maximum Gasteiger partial charge on any atom is 0.191 e. The van der Waals surface area contributed by atoms with Gasteiger partial charge in [0.05, 0.1) is 5.25 Å². The van der Waals surface area contributed by atoms with E-state index in [2.05, 4.69) is 39.9 Å². The molecule has 0 spiro atoms. The topological polar surface area (TPSA) is 26.3 Å². The third kappa shape index (κ3) is 3.63. The second-order valence-corrected chi connectivity index (χ2v) is 14.5. The molecule has 3 atom stereocenters. The van der Waals surface area contributed by atoms with Crippen LogP contribution in [0.25, 0.3) is 0 Å². The lowest BCUT2D eigenvalue weighted by atomic mass is 9.96. The van der Waals surface area contributed by atoms with Crippen LogP contribution >= 0.6 is 0 Å². The Morgan fingerprint density at radius 1 is 1.35 bits per heavy atom. The molecule has 0 N–H and O–H groups in total. The lowest BCUT2D eigenvalue weighted by Crippen LogP contribution is -2.41. The fourth-order valence-corrected chi connectivity index (χ4v) is 5.87. The monoisotopic (exact) mass is 314 g/mol. The highest BCUT2D eigenvalue weighted by atomic mass is 32.2. The second-order valence-electron chi connectivity index (χ2n) is 7.81. The lowest BCUT2D eigenvalue weighted by Gasteiger charge is -2.37. The molecular formula is C16H30O2SSi. The van der Waals surface area contributed by atoms with Crippen molar-refractivity contribution in [2.75, 3.05) is 6.61 Å². The van der Waals surface area contributed by atoms with Gasteiger partial charge in [0.1, 0.15) is 0 Å². The van der Waals surface area contributed by atoms with Gasteiger partial charge >= 0.3 is 0 Å². The van der Waals surface area contributed by atoms with Crippen molar-refractivity contribution < 1.29 is 8.63 Å². The molecule has 1 fully saturated rings. The van der Waals surface area contributed by atoms with E-state index in [4.69, 9.17) is 4.43 Å². The fourth-order valence-electron chi connectivity index (χ4n) is 2.82. The van der Waals surface area contributed by atoms with Crippen molar-refractivity contribution in [3.8, 4) is 0 Å². The summed E-state index contributed by atoms with van der Waals surface area (Å²) in [6.07, 6.45) is 7.92. The molecule has 2 aliphatic heterocycles. The van der Waals surface area contributed by atoms with Crippen LogP contribution in [0.1, 0.15) is 52.9 Å². The maximum atomic E-state index is 12.2. The average molecular weight is 315 g/mol. The van der Waals surface area contributed by atoms with Gasteiger partial charge in [-0.3, -0.25) is 4.21 Å². The highest BCUT2D eigenvalue weighted by Gasteiger charge is 2.37. The third-order valence-corrected chi connectivity index (χ3v) is 11.8. The second kappa shape index (κ2) is 6.05. The molecule has 0 aromatic rings. The predicted molar refractivity (Wildman–Crippen MR) is 90.0 cm³/mol. The Bertz CT molecular complexity index is 409. The zero-order valence-electron chi connectivity index (χ0n) is 13.7. The summed E-state index contributed by atoms with van der Waals surface area (Å²) in [4.78, 5) is 0. The Hall–Kier alpha value is 0.0669. The largest absolute Gasteiger partial charge is 0.417 e. The molecule has 2 nitrogen and oxygen atoms in total. The highest BCUT2D eigenvalue weighted by Crippen LogP contribution is 2.37. The fraction of sp³-hybridized carbons (Fsp3) is 0.875. The van der Waals surface area contributed by atoms with E-state index in [1.54, 1.807) is 0 Å². The zero-order valence-corrected chi connectivity index (χ0v) is 15.5. The molecule has 1 saturated heterocycles. The summed E-state index contributed by atoms with van der Waals surface area (Å²) in [6, 6.07) is 0. The Kier molecular flexibility index (Phi) is 4.97. The van der Waals surface area contributed by atoms with Crippen LogP contribution in [-0.4, -0.2) is 29.6 Å². The highest BCUT2D eigenvalue weighted by molar-refractivity contribution is 7.86.